The van der Waals surface area contributed by atoms with Gasteiger partial charge in [0.15, 0.2) is 0 Å². The second kappa shape index (κ2) is 3.05. The highest BCUT2D eigenvalue weighted by Crippen LogP contribution is 2.32. The van der Waals surface area contributed by atoms with Crippen LogP contribution in [-0.2, 0) is 9.53 Å². The fraction of sp³-hybridized carbons (Fsp3) is 0.889. The van der Waals surface area contributed by atoms with Crippen LogP contribution in [0.4, 0.5) is 0 Å². The van der Waals surface area contributed by atoms with Crippen LogP contribution in [0.3, 0.4) is 0 Å². The van der Waals surface area contributed by atoms with E-state index >= 15 is 0 Å². The van der Waals surface area contributed by atoms with Crippen molar-refractivity contribution < 1.29 is 9.53 Å². The molecule has 1 rings (SSSR count). The van der Waals surface area contributed by atoms with Crippen LogP contribution in [0.1, 0.15) is 33.6 Å². The van der Waals surface area contributed by atoms with E-state index in [2.05, 4.69) is 0 Å². The summed E-state index contributed by atoms with van der Waals surface area (Å²) in [7, 11) is 0. The Kier molecular flexibility index (Phi) is 2.42. The summed E-state index contributed by atoms with van der Waals surface area (Å²) in [4.78, 5) is 11.3. The molecule has 1 unspecified atom stereocenters. The fourth-order valence-electron chi connectivity index (χ4n) is 1.02. The maximum atomic E-state index is 11.3. The zero-order valence-electron chi connectivity index (χ0n) is 7.96. The van der Waals surface area contributed by atoms with E-state index in [1.165, 1.54) is 0 Å². The molecule has 1 aliphatic carbocycles. The molecule has 70 valence electrons. The van der Waals surface area contributed by atoms with Crippen molar-refractivity contribution in [2.75, 3.05) is 0 Å². The van der Waals surface area contributed by atoms with E-state index in [-0.39, 0.29) is 5.97 Å². The molecule has 3 heteroatoms. The summed E-state index contributed by atoms with van der Waals surface area (Å²) < 4.78 is 5.14. The lowest BCUT2D eigenvalue weighted by Gasteiger charge is -2.21. The van der Waals surface area contributed by atoms with Crippen molar-refractivity contribution in [1.29, 1.82) is 0 Å². The first-order valence-corrected chi connectivity index (χ1v) is 4.38. The number of rotatable bonds is 2. The first kappa shape index (κ1) is 9.52. The summed E-state index contributed by atoms with van der Waals surface area (Å²) in [5.41, 5.74) is 5.24. The van der Waals surface area contributed by atoms with Crippen LogP contribution in [0, 0.1) is 5.92 Å². The molecule has 0 aromatic heterocycles. The molecule has 0 heterocycles. The van der Waals surface area contributed by atoms with Crippen LogP contribution in [0.25, 0.3) is 0 Å². The van der Waals surface area contributed by atoms with Crippen LogP contribution in [0.2, 0.25) is 0 Å². The van der Waals surface area contributed by atoms with E-state index < -0.39 is 11.6 Å². The van der Waals surface area contributed by atoms with E-state index in [1.807, 2.05) is 20.8 Å². The Morgan fingerprint density at radius 1 is 1.50 bits per heavy atom. The third-order valence-electron chi connectivity index (χ3n) is 1.81. The largest absolute Gasteiger partial charge is 0.459 e. The van der Waals surface area contributed by atoms with E-state index in [0.29, 0.717) is 5.92 Å². The van der Waals surface area contributed by atoms with Crippen LogP contribution in [-0.4, -0.2) is 17.6 Å². The minimum absolute atomic E-state index is 0.259. The third kappa shape index (κ3) is 2.81. The van der Waals surface area contributed by atoms with Crippen molar-refractivity contribution in [3.63, 3.8) is 0 Å². The van der Waals surface area contributed by atoms with Crippen molar-refractivity contribution in [2.24, 2.45) is 11.7 Å². The second-order valence-corrected chi connectivity index (χ2v) is 4.40. The molecule has 12 heavy (non-hydrogen) atoms. The van der Waals surface area contributed by atoms with Crippen LogP contribution in [0.15, 0.2) is 0 Å². The van der Waals surface area contributed by atoms with Gasteiger partial charge in [-0.2, -0.15) is 0 Å². The summed E-state index contributed by atoms with van der Waals surface area (Å²) in [6.07, 6.45) is 2.14. The van der Waals surface area contributed by atoms with Crippen LogP contribution < -0.4 is 5.73 Å². The number of carbonyl (C=O) groups excluding carboxylic acids is 1. The fourth-order valence-corrected chi connectivity index (χ4v) is 1.02. The van der Waals surface area contributed by atoms with Gasteiger partial charge in [-0.1, -0.05) is 0 Å². The summed E-state index contributed by atoms with van der Waals surface area (Å²) in [6, 6.07) is -0.399. The van der Waals surface area contributed by atoms with Crippen molar-refractivity contribution in [2.45, 2.75) is 45.3 Å². The van der Waals surface area contributed by atoms with E-state index in [4.69, 9.17) is 10.5 Å². The molecule has 0 aromatic carbocycles. The van der Waals surface area contributed by atoms with Crippen molar-refractivity contribution in [3.05, 3.63) is 0 Å². The monoisotopic (exact) mass is 171 g/mol. The number of hydrogen-bond acceptors (Lipinski definition) is 3. The Balaban J connectivity index is 2.36. The molecule has 3 nitrogen and oxygen atoms in total. The average molecular weight is 171 g/mol. The van der Waals surface area contributed by atoms with E-state index in [9.17, 15) is 4.79 Å². The van der Waals surface area contributed by atoms with Gasteiger partial charge in [-0.25, -0.2) is 0 Å². The van der Waals surface area contributed by atoms with Crippen molar-refractivity contribution in [1.82, 2.24) is 0 Å². The topological polar surface area (TPSA) is 52.3 Å². The smallest absolute Gasteiger partial charge is 0.323 e. The lowest BCUT2D eigenvalue weighted by molar-refractivity contribution is -0.157. The van der Waals surface area contributed by atoms with Crippen molar-refractivity contribution >= 4 is 5.97 Å². The van der Waals surface area contributed by atoms with Gasteiger partial charge in [0.1, 0.15) is 11.6 Å². The molecule has 0 aliphatic heterocycles. The molecular weight excluding hydrogens is 154 g/mol. The molecule has 1 aliphatic rings. The van der Waals surface area contributed by atoms with Gasteiger partial charge in [-0.3, -0.25) is 4.79 Å². The lowest BCUT2D eigenvalue weighted by Crippen LogP contribution is -2.38. The lowest BCUT2D eigenvalue weighted by atomic mass is 10.1. The van der Waals surface area contributed by atoms with Crippen LogP contribution >= 0.6 is 0 Å². The molecule has 1 saturated carbocycles. The third-order valence-corrected chi connectivity index (χ3v) is 1.81. The molecule has 0 spiro atoms. The highest BCUT2D eigenvalue weighted by atomic mass is 16.6. The quantitative estimate of drug-likeness (QED) is 0.632. The van der Waals surface area contributed by atoms with E-state index in [0.717, 1.165) is 12.8 Å². The summed E-state index contributed by atoms with van der Waals surface area (Å²) in [5.74, 6) is 0.116. The van der Waals surface area contributed by atoms with Gasteiger partial charge in [0.25, 0.3) is 0 Å². The van der Waals surface area contributed by atoms with Gasteiger partial charge in [-0.15, -0.1) is 0 Å². The molecule has 1 atom stereocenters. The normalized spacial score (nSPS) is 20.3. The van der Waals surface area contributed by atoms with Gasteiger partial charge in [-0.05, 0) is 39.5 Å². The Morgan fingerprint density at radius 2 is 2.00 bits per heavy atom. The Morgan fingerprint density at radius 3 is 2.33 bits per heavy atom. The van der Waals surface area contributed by atoms with E-state index in [1.54, 1.807) is 0 Å². The van der Waals surface area contributed by atoms with Gasteiger partial charge in [0.05, 0.1) is 0 Å². The Hall–Kier alpha value is -0.570. The maximum absolute atomic E-state index is 11.3. The van der Waals surface area contributed by atoms with Crippen LogP contribution in [0.5, 0.6) is 0 Å². The standard InChI is InChI=1S/C9H17NO2/c1-9(2,3)12-8(11)7(10)6-4-5-6/h6-7H,4-5,10H2,1-3H3. The maximum Gasteiger partial charge on any atom is 0.323 e. The SMILES string of the molecule is CC(C)(C)OC(=O)C(N)C1CC1. The second-order valence-electron chi connectivity index (χ2n) is 4.40. The highest BCUT2D eigenvalue weighted by molar-refractivity contribution is 5.76. The molecule has 0 saturated heterocycles. The number of hydrogen-bond donors (Lipinski definition) is 1. The molecule has 1 fully saturated rings. The molecular formula is C9H17NO2. The Labute approximate surface area is 73.3 Å². The van der Waals surface area contributed by atoms with Crippen molar-refractivity contribution in [3.8, 4) is 0 Å². The predicted molar refractivity (Wildman–Crippen MR) is 46.5 cm³/mol. The number of carbonyl (C=O) groups is 1. The summed E-state index contributed by atoms with van der Waals surface area (Å²) in [6.45, 7) is 5.56. The number of nitrogens with two attached hydrogens (primary N) is 1. The zero-order valence-corrected chi connectivity index (χ0v) is 7.96. The number of ether oxygens (including phenoxy) is 1. The summed E-state index contributed by atoms with van der Waals surface area (Å²) in [5, 5.41) is 0. The summed E-state index contributed by atoms with van der Waals surface area (Å²) >= 11 is 0. The predicted octanol–water partition coefficient (Wildman–Crippen LogP) is 1.07. The average Bonchev–Trinajstić information content (AvgIpc) is 2.62. The zero-order chi connectivity index (χ0) is 9.35. The minimum Gasteiger partial charge on any atom is -0.459 e. The minimum atomic E-state index is -0.413. The first-order chi connectivity index (χ1) is 5.40. The first-order valence-electron chi connectivity index (χ1n) is 4.38. The van der Waals surface area contributed by atoms with Gasteiger partial charge in [0.2, 0.25) is 0 Å². The molecule has 2 N–H and O–H groups in total. The Bertz CT molecular complexity index is 179. The molecule has 0 aromatic rings. The highest BCUT2D eigenvalue weighted by Gasteiger charge is 2.35. The van der Waals surface area contributed by atoms with Gasteiger partial charge < -0.3 is 10.5 Å². The number of esters is 1. The molecule has 0 bridgehead atoms. The molecule has 0 amide bonds. The van der Waals surface area contributed by atoms with Gasteiger partial charge >= 0.3 is 5.97 Å². The molecule has 0 radical (unpaired) electrons. The van der Waals surface area contributed by atoms with Gasteiger partial charge in [0, 0.05) is 0 Å².